The van der Waals surface area contributed by atoms with Crippen LogP contribution in [0.15, 0.2) is 58.9 Å². The quantitative estimate of drug-likeness (QED) is 0.505. The number of rotatable bonds is 3. The highest BCUT2D eigenvalue weighted by Gasteiger charge is 2.16. The lowest BCUT2D eigenvalue weighted by Gasteiger charge is -2.18. The summed E-state index contributed by atoms with van der Waals surface area (Å²) in [5.74, 6) is 0. The molecule has 0 saturated carbocycles. The van der Waals surface area contributed by atoms with Crippen molar-refractivity contribution in [1.82, 2.24) is 4.98 Å². The van der Waals surface area contributed by atoms with Gasteiger partial charge in [0, 0.05) is 27.1 Å². The first-order chi connectivity index (χ1) is 11.0. The summed E-state index contributed by atoms with van der Waals surface area (Å²) in [6, 6.07) is 15.4. The Morgan fingerprint density at radius 3 is 2.30 bits per heavy atom. The number of pyridine rings is 1. The lowest BCUT2D eigenvalue weighted by atomic mass is 9.90. The highest BCUT2D eigenvalue weighted by atomic mass is 32.2. The summed E-state index contributed by atoms with van der Waals surface area (Å²) < 4.78 is 0. The molecule has 0 amide bonds. The van der Waals surface area contributed by atoms with E-state index < -0.39 is 0 Å². The minimum atomic E-state index is 0.0719. The summed E-state index contributed by atoms with van der Waals surface area (Å²) in [6.07, 6.45) is 4.02. The van der Waals surface area contributed by atoms with E-state index in [4.69, 9.17) is 0 Å². The molecule has 0 aliphatic rings. The monoisotopic (exact) mass is 339 g/mol. The molecule has 3 aromatic rings. The van der Waals surface area contributed by atoms with E-state index >= 15 is 0 Å². The van der Waals surface area contributed by atoms with E-state index in [0.717, 1.165) is 5.69 Å². The summed E-state index contributed by atoms with van der Waals surface area (Å²) in [5, 5.41) is 2.24. The molecule has 0 fully saturated rings. The van der Waals surface area contributed by atoms with Gasteiger partial charge in [0.1, 0.15) is 0 Å². The van der Waals surface area contributed by atoms with Crippen LogP contribution in [0.25, 0.3) is 21.6 Å². The molecule has 3 heteroatoms. The molecule has 0 aliphatic heterocycles. The second-order valence-corrected chi connectivity index (χ2v) is 8.40. The van der Waals surface area contributed by atoms with Crippen molar-refractivity contribution in [3.05, 3.63) is 59.7 Å². The predicted octanol–water partition coefficient (Wildman–Crippen LogP) is 6.50. The number of thiophene rings is 1. The highest BCUT2D eigenvalue weighted by Crippen LogP contribution is 2.34. The van der Waals surface area contributed by atoms with Crippen molar-refractivity contribution in [1.29, 1.82) is 0 Å². The van der Waals surface area contributed by atoms with Crippen molar-refractivity contribution >= 4 is 23.1 Å². The third kappa shape index (κ3) is 3.67. The van der Waals surface area contributed by atoms with Crippen LogP contribution in [0.1, 0.15) is 26.5 Å². The lowest BCUT2D eigenvalue weighted by molar-refractivity contribution is 0.569. The third-order valence-corrected chi connectivity index (χ3v) is 5.56. The lowest BCUT2D eigenvalue weighted by Crippen LogP contribution is -2.13. The van der Waals surface area contributed by atoms with Crippen molar-refractivity contribution in [3.63, 3.8) is 0 Å². The van der Waals surface area contributed by atoms with Gasteiger partial charge in [0.05, 0.1) is 0 Å². The van der Waals surface area contributed by atoms with Crippen molar-refractivity contribution in [2.75, 3.05) is 6.26 Å². The molecular weight excluding hydrogens is 318 g/mol. The van der Waals surface area contributed by atoms with Gasteiger partial charge in [0.15, 0.2) is 0 Å². The molecule has 23 heavy (non-hydrogen) atoms. The average molecular weight is 340 g/mol. The number of nitrogens with zero attached hydrogens (tertiary/aromatic N) is 1. The molecule has 0 unspecified atom stereocenters. The van der Waals surface area contributed by atoms with E-state index in [1.165, 1.54) is 26.5 Å². The normalized spacial score (nSPS) is 11.7. The van der Waals surface area contributed by atoms with Crippen LogP contribution in [-0.2, 0) is 5.41 Å². The molecule has 2 heterocycles. The van der Waals surface area contributed by atoms with Crippen LogP contribution < -0.4 is 0 Å². The summed E-state index contributed by atoms with van der Waals surface area (Å²) >= 11 is 3.57. The van der Waals surface area contributed by atoms with Gasteiger partial charge in [-0.2, -0.15) is 0 Å². The molecular formula is C20H21NS2. The van der Waals surface area contributed by atoms with Crippen LogP contribution in [0.2, 0.25) is 0 Å². The van der Waals surface area contributed by atoms with Crippen molar-refractivity contribution in [3.8, 4) is 21.6 Å². The molecule has 0 aliphatic carbocycles. The second kappa shape index (κ2) is 6.50. The van der Waals surface area contributed by atoms with E-state index in [1.54, 1.807) is 23.1 Å². The molecule has 118 valence electrons. The predicted molar refractivity (Wildman–Crippen MR) is 103 cm³/mol. The molecule has 2 aromatic heterocycles. The van der Waals surface area contributed by atoms with E-state index in [2.05, 4.69) is 79.9 Å². The molecule has 0 radical (unpaired) electrons. The van der Waals surface area contributed by atoms with Gasteiger partial charge < -0.3 is 0 Å². The summed E-state index contributed by atoms with van der Waals surface area (Å²) in [4.78, 5) is 7.13. The Labute approximate surface area is 146 Å². The van der Waals surface area contributed by atoms with Crippen LogP contribution in [0.3, 0.4) is 0 Å². The van der Waals surface area contributed by atoms with Gasteiger partial charge in [0.2, 0.25) is 0 Å². The van der Waals surface area contributed by atoms with Gasteiger partial charge in [-0.25, -0.2) is 0 Å². The zero-order valence-electron chi connectivity index (χ0n) is 14.0. The maximum absolute atomic E-state index is 4.52. The number of hydrogen-bond acceptors (Lipinski definition) is 3. The molecule has 0 N–H and O–H groups in total. The fourth-order valence-electron chi connectivity index (χ4n) is 2.41. The van der Waals surface area contributed by atoms with Gasteiger partial charge in [0.25, 0.3) is 0 Å². The SMILES string of the molecule is CSc1ccc(-c2cc(-c3ccnc(C(C)(C)C)c3)cs2)cc1. The van der Waals surface area contributed by atoms with Gasteiger partial charge in [-0.15, -0.1) is 23.1 Å². The molecule has 0 saturated heterocycles. The Balaban J connectivity index is 1.92. The van der Waals surface area contributed by atoms with Crippen molar-refractivity contribution in [2.45, 2.75) is 31.1 Å². The van der Waals surface area contributed by atoms with Crippen LogP contribution in [-0.4, -0.2) is 11.2 Å². The molecule has 0 bridgehead atoms. The van der Waals surface area contributed by atoms with E-state index in [9.17, 15) is 0 Å². The Bertz CT molecular complexity index is 795. The maximum Gasteiger partial charge on any atom is 0.0463 e. The fraction of sp³-hybridized carbons (Fsp3) is 0.250. The first-order valence-corrected chi connectivity index (χ1v) is 9.78. The minimum absolute atomic E-state index is 0.0719. The van der Waals surface area contributed by atoms with Gasteiger partial charge >= 0.3 is 0 Å². The Kier molecular flexibility index (Phi) is 4.60. The molecule has 0 spiro atoms. The summed E-state index contributed by atoms with van der Waals surface area (Å²) in [6.45, 7) is 6.60. The Morgan fingerprint density at radius 2 is 1.65 bits per heavy atom. The van der Waals surface area contributed by atoms with Crippen LogP contribution >= 0.6 is 23.1 Å². The minimum Gasteiger partial charge on any atom is -0.261 e. The molecule has 1 nitrogen and oxygen atoms in total. The smallest absolute Gasteiger partial charge is 0.0463 e. The second-order valence-electron chi connectivity index (χ2n) is 6.61. The van der Waals surface area contributed by atoms with Gasteiger partial charge in [-0.1, -0.05) is 32.9 Å². The summed E-state index contributed by atoms with van der Waals surface area (Å²) in [7, 11) is 0. The van der Waals surface area contributed by atoms with Crippen LogP contribution in [0.5, 0.6) is 0 Å². The van der Waals surface area contributed by atoms with E-state index in [0.29, 0.717) is 0 Å². The maximum atomic E-state index is 4.52. The molecule has 1 aromatic carbocycles. The Hall–Kier alpha value is -1.58. The van der Waals surface area contributed by atoms with E-state index in [1.807, 2.05) is 6.20 Å². The highest BCUT2D eigenvalue weighted by molar-refractivity contribution is 7.98. The zero-order valence-corrected chi connectivity index (χ0v) is 15.6. The molecule has 0 atom stereocenters. The zero-order chi connectivity index (χ0) is 16.4. The average Bonchev–Trinajstić information content (AvgIpc) is 3.04. The Morgan fingerprint density at radius 1 is 0.913 bits per heavy atom. The van der Waals surface area contributed by atoms with E-state index in [-0.39, 0.29) is 5.41 Å². The summed E-state index contributed by atoms with van der Waals surface area (Å²) in [5.41, 5.74) is 5.00. The molecule has 3 rings (SSSR count). The first kappa shape index (κ1) is 16.3. The number of aromatic nitrogens is 1. The number of benzene rings is 1. The standard InChI is InChI=1S/C20H21NS2/c1-20(2,3)19-12-15(9-10-21-19)16-11-18(23-13-16)14-5-7-17(22-4)8-6-14/h5-13H,1-4H3. The van der Waals surface area contributed by atoms with Gasteiger partial charge in [-0.3, -0.25) is 4.98 Å². The largest absolute Gasteiger partial charge is 0.261 e. The van der Waals surface area contributed by atoms with Crippen molar-refractivity contribution < 1.29 is 0 Å². The van der Waals surface area contributed by atoms with Gasteiger partial charge in [-0.05, 0) is 58.7 Å². The topological polar surface area (TPSA) is 12.9 Å². The number of thioether (sulfide) groups is 1. The fourth-order valence-corrected chi connectivity index (χ4v) is 3.75. The first-order valence-electron chi connectivity index (χ1n) is 7.67. The van der Waals surface area contributed by atoms with Crippen molar-refractivity contribution in [2.24, 2.45) is 0 Å². The van der Waals surface area contributed by atoms with Crippen LogP contribution in [0, 0.1) is 0 Å². The number of hydrogen-bond donors (Lipinski definition) is 0. The van der Waals surface area contributed by atoms with Crippen LogP contribution in [0.4, 0.5) is 0 Å². The third-order valence-electron chi connectivity index (χ3n) is 3.84.